The van der Waals surface area contributed by atoms with Crippen LogP contribution >= 0.6 is 0 Å². The Morgan fingerprint density at radius 2 is 2.21 bits per heavy atom. The van der Waals surface area contributed by atoms with Gasteiger partial charge >= 0.3 is 11.9 Å². The van der Waals surface area contributed by atoms with Crippen molar-refractivity contribution in [3.63, 3.8) is 0 Å². The molecule has 0 fully saturated rings. The number of pyridine rings is 1. The number of ether oxygens (including phenoxy) is 2. The Labute approximate surface area is 110 Å². The van der Waals surface area contributed by atoms with Crippen LogP contribution in [0.4, 0.5) is 0 Å². The van der Waals surface area contributed by atoms with Crippen LogP contribution in [0, 0.1) is 0 Å². The molecular formula is C12H16N2O5. The fourth-order valence-electron chi connectivity index (χ4n) is 1.46. The lowest BCUT2D eigenvalue weighted by atomic mass is 10.0. The molecule has 19 heavy (non-hydrogen) atoms. The molecular weight excluding hydrogens is 252 g/mol. The normalized spacial score (nSPS) is 11.7. The molecule has 0 amide bonds. The van der Waals surface area contributed by atoms with Gasteiger partial charge in [0, 0.05) is 12.2 Å². The number of methoxy groups -OCH3 is 1. The molecule has 1 atom stereocenters. The monoisotopic (exact) mass is 268 g/mol. The van der Waals surface area contributed by atoms with E-state index >= 15 is 0 Å². The van der Waals surface area contributed by atoms with E-state index in [1.807, 2.05) is 0 Å². The fourth-order valence-corrected chi connectivity index (χ4v) is 1.46. The maximum absolute atomic E-state index is 11.1. The number of nitrogens with zero attached hydrogens (tertiary/aromatic N) is 1. The van der Waals surface area contributed by atoms with Gasteiger partial charge in [0.1, 0.15) is 5.56 Å². The van der Waals surface area contributed by atoms with Crippen molar-refractivity contribution < 1.29 is 24.2 Å². The molecule has 0 aromatic carbocycles. The minimum atomic E-state index is -1.16. The SMILES string of the molecule is CCOc1ncc([C@H](N)CC(=O)OC)cc1C(=O)O. The predicted molar refractivity (Wildman–Crippen MR) is 65.9 cm³/mol. The third kappa shape index (κ3) is 3.92. The quantitative estimate of drug-likeness (QED) is 0.732. The first-order valence-electron chi connectivity index (χ1n) is 5.68. The summed E-state index contributed by atoms with van der Waals surface area (Å²) in [6.07, 6.45) is 1.34. The number of hydrogen-bond donors (Lipinski definition) is 2. The second-order valence-electron chi connectivity index (χ2n) is 3.75. The molecule has 0 bridgehead atoms. The largest absolute Gasteiger partial charge is 0.477 e. The van der Waals surface area contributed by atoms with Gasteiger partial charge in [-0.25, -0.2) is 9.78 Å². The number of aromatic nitrogens is 1. The highest BCUT2D eigenvalue weighted by Crippen LogP contribution is 2.21. The number of carbonyl (C=O) groups excluding carboxylic acids is 1. The third-order valence-electron chi connectivity index (χ3n) is 2.43. The topological polar surface area (TPSA) is 112 Å². The summed E-state index contributed by atoms with van der Waals surface area (Å²) < 4.78 is 9.61. The van der Waals surface area contributed by atoms with Crippen molar-refractivity contribution in [1.82, 2.24) is 4.98 Å². The van der Waals surface area contributed by atoms with Gasteiger partial charge in [-0.2, -0.15) is 0 Å². The Hall–Kier alpha value is -2.15. The van der Waals surface area contributed by atoms with Crippen molar-refractivity contribution >= 4 is 11.9 Å². The summed E-state index contributed by atoms with van der Waals surface area (Å²) in [5.41, 5.74) is 6.14. The summed E-state index contributed by atoms with van der Waals surface area (Å²) >= 11 is 0. The average Bonchev–Trinajstić information content (AvgIpc) is 2.38. The molecule has 7 heteroatoms. The molecule has 0 aliphatic rings. The fraction of sp³-hybridized carbons (Fsp3) is 0.417. The zero-order chi connectivity index (χ0) is 14.4. The average molecular weight is 268 g/mol. The van der Waals surface area contributed by atoms with Gasteiger partial charge < -0.3 is 20.3 Å². The van der Waals surface area contributed by atoms with Crippen molar-refractivity contribution in [2.24, 2.45) is 5.73 Å². The molecule has 1 aromatic heterocycles. The van der Waals surface area contributed by atoms with Gasteiger partial charge in [0.05, 0.1) is 20.1 Å². The molecule has 0 aliphatic heterocycles. The smallest absolute Gasteiger partial charge is 0.341 e. The maximum Gasteiger partial charge on any atom is 0.341 e. The van der Waals surface area contributed by atoms with Crippen molar-refractivity contribution in [2.45, 2.75) is 19.4 Å². The van der Waals surface area contributed by atoms with Crippen LogP contribution < -0.4 is 10.5 Å². The number of aromatic carboxylic acids is 1. The highest BCUT2D eigenvalue weighted by atomic mass is 16.5. The lowest BCUT2D eigenvalue weighted by Gasteiger charge is -2.12. The van der Waals surface area contributed by atoms with Crippen LogP contribution in [-0.4, -0.2) is 35.7 Å². The Balaban J connectivity index is 3.00. The number of carbonyl (C=O) groups is 2. The molecule has 0 spiro atoms. The second kappa shape index (κ2) is 6.69. The van der Waals surface area contributed by atoms with Crippen molar-refractivity contribution in [2.75, 3.05) is 13.7 Å². The van der Waals surface area contributed by atoms with E-state index in [4.69, 9.17) is 15.6 Å². The van der Waals surface area contributed by atoms with Crippen LogP contribution in [0.15, 0.2) is 12.3 Å². The lowest BCUT2D eigenvalue weighted by Crippen LogP contribution is -2.17. The Kier molecular flexibility index (Phi) is 5.25. The molecule has 0 unspecified atom stereocenters. The van der Waals surface area contributed by atoms with E-state index in [1.54, 1.807) is 6.92 Å². The van der Waals surface area contributed by atoms with Gasteiger partial charge in [0.15, 0.2) is 0 Å². The van der Waals surface area contributed by atoms with Crippen LogP contribution in [0.3, 0.4) is 0 Å². The molecule has 7 nitrogen and oxygen atoms in total. The van der Waals surface area contributed by atoms with E-state index < -0.39 is 18.0 Å². The predicted octanol–water partition coefficient (Wildman–Crippen LogP) is 0.741. The van der Waals surface area contributed by atoms with Crippen LogP contribution in [-0.2, 0) is 9.53 Å². The van der Waals surface area contributed by atoms with E-state index in [-0.39, 0.29) is 17.9 Å². The zero-order valence-electron chi connectivity index (χ0n) is 10.8. The summed E-state index contributed by atoms with van der Waals surface area (Å²) in [5, 5.41) is 9.07. The first-order chi connectivity index (χ1) is 8.99. The molecule has 0 saturated heterocycles. The molecule has 1 aromatic rings. The van der Waals surface area contributed by atoms with Crippen LogP contribution in [0.1, 0.15) is 35.3 Å². The highest BCUT2D eigenvalue weighted by molar-refractivity contribution is 5.90. The summed E-state index contributed by atoms with van der Waals surface area (Å²) in [7, 11) is 1.26. The minimum Gasteiger partial charge on any atom is -0.477 e. The number of hydrogen-bond acceptors (Lipinski definition) is 6. The van der Waals surface area contributed by atoms with Gasteiger partial charge in [0.25, 0.3) is 0 Å². The Bertz CT molecular complexity index is 475. The Morgan fingerprint density at radius 3 is 2.74 bits per heavy atom. The van der Waals surface area contributed by atoms with Gasteiger partial charge in [-0.1, -0.05) is 0 Å². The molecule has 0 radical (unpaired) electrons. The van der Waals surface area contributed by atoms with Crippen molar-refractivity contribution in [1.29, 1.82) is 0 Å². The highest BCUT2D eigenvalue weighted by Gasteiger charge is 2.18. The Morgan fingerprint density at radius 1 is 1.53 bits per heavy atom. The van der Waals surface area contributed by atoms with Gasteiger partial charge in [0.2, 0.25) is 5.88 Å². The summed E-state index contributed by atoms with van der Waals surface area (Å²) in [5.74, 6) is -1.61. The molecule has 1 heterocycles. The molecule has 3 N–H and O–H groups in total. The van der Waals surface area contributed by atoms with Crippen molar-refractivity contribution in [3.05, 3.63) is 23.4 Å². The van der Waals surface area contributed by atoms with E-state index in [0.29, 0.717) is 12.2 Å². The van der Waals surface area contributed by atoms with Gasteiger partial charge in [-0.3, -0.25) is 4.79 Å². The molecule has 104 valence electrons. The zero-order valence-corrected chi connectivity index (χ0v) is 10.8. The standard InChI is InChI=1S/C12H16N2O5/c1-3-19-11-8(12(16)17)4-7(6-14-11)9(13)5-10(15)18-2/h4,6,9H,3,5,13H2,1-2H3,(H,16,17)/t9-/m1/s1. The summed E-state index contributed by atoms with van der Waals surface area (Å²) in [6.45, 7) is 2.03. The van der Waals surface area contributed by atoms with Crippen LogP contribution in [0.5, 0.6) is 5.88 Å². The number of nitrogens with two attached hydrogens (primary N) is 1. The number of rotatable bonds is 6. The van der Waals surface area contributed by atoms with Gasteiger partial charge in [-0.05, 0) is 18.6 Å². The van der Waals surface area contributed by atoms with Gasteiger partial charge in [-0.15, -0.1) is 0 Å². The van der Waals surface area contributed by atoms with E-state index in [0.717, 1.165) is 0 Å². The first-order valence-corrected chi connectivity index (χ1v) is 5.68. The maximum atomic E-state index is 11.1. The number of carboxylic acids is 1. The van der Waals surface area contributed by atoms with Crippen LogP contribution in [0.2, 0.25) is 0 Å². The lowest BCUT2D eigenvalue weighted by molar-refractivity contribution is -0.141. The minimum absolute atomic E-state index is 0.0315. The first kappa shape index (κ1) is 14.9. The van der Waals surface area contributed by atoms with E-state index in [1.165, 1.54) is 19.4 Å². The van der Waals surface area contributed by atoms with E-state index in [9.17, 15) is 9.59 Å². The third-order valence-corrected chi connectivity index (χ3v) is 2.43. The number of carboxylic acid groups (broad SMARTS) is 1. The van der Waals surface area contributed by atoms with E-state index in [2.05, 4.69) is 9.72 Å². The molecule has 0 aliphatic carbocycles. The van der Waals surface area contributed by atoms with Crippen LogP contribution in [0.25, 0.3) is 0 Å². The van der Waals surface area contributed by atoms with Crippen molar-refractivity contribution in [3.8, 4) is 5.88 Å². The number of esters is 1. The molecule has 1 rings (SSSR count). The summed E-state index contributed by atoms with van der Waals surface area (Å²) in [4.78, 5) is 26.1. The summed E-state index contributed by atoms with van der Waals surface area (Å²) in [6, 6.07) is 0.683. The molecule has 0 saturated carbocycles. The second-order valence-corrected chi connectivity index (χ2v) is 3.75.